The van der Waals surface area contributed by atoms with E-state index in [1.807, 2.05) is 12.1 Å². The number of epoxide rings is 1. The molecule has 0 amide bonds. The van der Waals surface area contributed by atoms with E-state index in [1.165, 1.54) is 69.8 Å². The minimum atomic E-state index is 0.309. The van der Waals surface area contributed by atoms with Crippen molar-refractivity contribution >= 4 is 6.08 Å². The van der Waals surface area contributed by atoms with Crippen molar-refractivity contribution in [2.24, 2.45) is 0 Å². The maximum absolute atomic E-state index is 5.84. The fourth-order valence-corrected chi connectivity index (χ4v) is 3.06. The van der Waals surface area contributed by atoms with E-state index in [1.54, 1.807) is 0 Å². The van der Waals surface area contributed by atoms with Crippen LogP contribution in [0.5, 0.6) is 5.75 Å². The van der Waals surface area contributed by atoms with Gasteiger partial charge in [0.15, 0.2) is 0 Å². The summed E-state index contributed by atoms with van der Waals surface area (Å²) in [6.07, 6.45) is 19.9. The zero-order chi connectivity index (χ0) is 17.6. The third-order valence-electron chi connectivity index (χ3n) is 4.77. The van der Waals surface area contributed by atoms with Gasteiger partial charge in [0.05, 0.1) is 6.61 Å². The first-order valence-corrected chi connectivity index (χ1v) is 10.4. The van der Waals surface area contributed by atoms with E-state index < -0.39 is 0 Å². The summed E-state index contributed by atoms with van der Waals surface area (Å²) in [5, 5.41) is 0. The Labute approximate surface area is 154 Å². The van der Waals surface area contributed by atoms with Gasteiger partial charge in [-0.25, -0.2) is 0 Å². The first kappa shape index (κ1) is 20.0. The first-order valence-electron chi connectivity index (χ1n) is 10.4. The topological polar surface area (TPSA) is 21.8 Å². The number of rotatable bonds is 15. The molecule has 1 unspecified atom stereocenters. The Morgan fingerprint density at radius 2 is 1.60 bits per heavy atom. The molecule has 1 aliphatic heterocycles. The Morgan fingerprint density at radius 3 is 2.28 bits per heavy atom. The SMILES string of the molecule is CCCCCCCCCCCC/C=C/c1ccccc1OCC1CO1. The average Bonchev–Trinajstić information content (AvgIpc) is 3.46. The van der Waals surface area contributed by atoms with Crippen molar-refractivity contribution in [3.8, 4) is 5.75 Å². The van der Waals surface area contributed by atoms with Crippen molar-refractivity contribution in [3.63, 3.8) is 0 Å². The van der Waals surface area contributed by atoms with Gasteiger partial charge in [0.1, 0.15) is 18.5 Å². The fraction of sp³-hybridized carbons (Fsp3) is 0.652. The number of benzene rings is 1. The monoisotopic (exact) mass is 344 g/mol. The summed E-state index contributed by atoms with van der Waals surface area (Å²) in [7, 11) is 0. The summed E-state index contributed by atoms with van der Waals surface area (Å²) in [6.45, 7) is 3.79. The summed E-state index contributed by atoms with van der Waals surface area (Å²) >= 11 is 0. The summed E-state index contributed by atoms with van der Waals surface area (Å²) in [5.41, 5.74) is 1.18. The second-order valence-electron chi connectivity index (χ2n) is 7.18. The van der Waals surface area contributed by atoms with E-state index in [2.05, 4.69) is 31.2 Å². The standard InChI is InChI=1S/C23H36O2/c1-2-3-4-5-6-7-8-9-10-11-12-13-16-21-17-14-15-18-23(21)25-20-22-19-24-22/h13-18,22H,2-12,19-20H2,1H3/b16-13+. The highest BCUT2D eigenvalue weighted by molar-refractivity contribution is 5.57. The molecule has 25 heavy (non-hydrogen) atoms. The second-order valence-corrected chi connectivity index (χ2v) is 7.18. The highest BCUT2D eigenvalue weighted by atomic mass is 16.6. The largest absolute Gasteiger partial charge is 0.490 e. The number of hydrogen-bond acceptors (Lipinski definition) is 2. The van der Waals surface area contributed by atoms with Crippen molar-refractivity contribution < 1.29 is 9.47 Å². The molecule has 1 fully saturated rings. The molecule has 1 aromatic rings. The molecule has 2 heteroatoms. The molecular formula is C23H36O2. The number of unbranched alkanes of at least 4 members (excludes halogenated alkanes) is 10. The lowest BCUT2D eigenvalue weighted by atomic mass is 10.1. The van der Waals surface area contributed by atoms with Gasteiger partial charge in [0.25, 0.3) is 0 Å². The van der Waals surface area contributed by atoms with Crippen LogP contribution in [0.2, 0.25) is 0 Å². The van der Waals surface area contributed by atoms with Gasteiger partial charge in [-0.05, 0) is 18.9 Å². The van der Waals surface area contributed by atoms with Crippen molar-refractivity contribution in [3.05, 3.63) is 35.9 Å². The molecule has 0 N–H and O–H groups in total. The van der Waals surface area contributed by atoms with Gasteiger partial charge < -0.3 is 9.47 Å². The summed E-state index contributed by atoms with van der Waals surface area (Å²) in [6, 6.07) is 8.27. The van der Waals surface area contributed by atoms with E-state index in [4.69, 9.17) is 9.47 Å². The van der Waals surface area contributed by atoms with Crippen molar-refractivity contribution in [1.29, 1.82) is 0 Å². The highest BCUT2D eigenvalue weighted by Gasteiger charge is 2.23. The smallest absolute Gasteiger partial charge is 0.126 e. The van der Waals surface area contributed by atoms with Gasteiger partial charge in [0.2, 0.25) is 0 Å². The van der Waals surface area contributed by atoms with E-state index in [0.29, 0.717) is 12.7 Å². The Hall–Kier alpha value is -1.28. The average molecular weight is 345 g/mol. The van der Waals surface area contributed by atoms with Crippen LogP contribution in [0.3, 0.4) is 0 Å². The third-order valence-corrected chi connectivity index (χ3v) is 4.77. The zero-order valence-electron chi connectivity index (χ0n) is 16.1. The van der Waals surface area contributed by atoms with Crippen molar-refractivity contribution in [2.45, 2.75) is 83.7 Å². The quantitative estimate of drug-likeness (QED) is 0.258. The minimum absolute atomic E-state index is 0.309. The van der Waals surface area contributed by atoms with Crippen LogP contribution in [0, 0.1) is 0 Å². The highest BCUT2D eigenvalue weighted by Crippen LogP contribution is 2.22. The summed E-state index contributed by atoms with van der Waals surface area (Å²) in [5.74, 6) is 0.970. The molecule has 0 radical (unpaired) electrons. The van der Waals surface area contributed by atoms with Gasteiger partial charge in [-0.15, -0.1) is 0 Å². The maximum Gasteiger partial charge on any atom is 0.126 e. The molecule has 1 atom stereocenters. The van der Waals surface area contributed by atoms with Gasteiger partial charge in [-0.3, -0.25) is 0 Å². The van der Waals surface area contributed by atoms with Crippen LogP contribution in [0.1, 0.15) is 83.1 Å². The Balaban J connectivity index is 1.50. The third kappa shape index (κ3) is 9.69. The Morgan fingerprint density at radius 1 is 0.960 bits per heavy atom. The van der Waals surface area contributed by atoms with Crippen molar-refractivity contribution in [1.82, 2.24) is 0 Å². The van der Waals surface area contributed by atoms with E-state index in [9.17, 15) is 0 Å². The lowest BCUT2D eigenvalue weighted by Gasteiger charge is -2.07. The molecule has 1 aliphatic rings. The molecule has 140 valence electrons. The van der Waals surface area contributed by atoms with Crippen LogP contribution in [-0.2, 0) is 4.74 Å². The molecular weight excluding hydrogens is 308 g/mol. The second kappa shape index (κ2) is 13.0. The van der Waals surface area contributed by atoms with Gasteiger partial charge in [0, 0.05) is 5.56 Å². The molecule has 1 aromatic carbocycles. The van der Waals surface area contributed by atoms with Crippen LogP contribution in [0.25, 0.3) is 6.08 Å². The Kier molecular flexibility index (Phi) is 10.4. The number of ether oxygens (including phenoxy) is 2. The van der Waals surface area contributed by atoms with E-state index >= 15 is 0 Å². The number of allylic oxidation sites excluding steroid dienone is 1. The van der Waals surface area contributed by atoms with Gasteiger partial charge >= 0.3 is 0 Å². The van der Waals surface area contributed by atoms with Gasteiger partial charge in [-0.2, -0.15) is 0 Å². The molecule has 0 spiro atoms. The predicted molar refractivity (Wildman–Crippen MR) is 107 cm³/mol. The first-order chi connectivity index (χ1) is 12.4. The minimum Gasteiger partial charge on any atom is -0.490 e. The number of hydrogen-bond donors (Lipinski definition) is 0. The summed E-state index contributed by atoms with van der Waals surface area (Å²) in [4.78, 5) is 0. The summed E-state index contributed by atoms with van der Waals surface area (Å²) < 4.78 is 11.0. The van der Waals surface area contributed by atoms with Crippen LogP contribution in [0.4, 0.5) is 0 Å². The normalized spacial score (nSPS) is 16.4. The lowest BCUT2D eigenvalue weighted by molar-refractivity contribution is 0.262. The molecule has 1 heterocycles. The van der Waals surface area contributed by atoms with Crippen LogP contribution >= 0.6 is 0 Å². The fourth-order valence-electron chi connectivity index (χ4n) is 3.06. The Bertz CT molecular complexity index is 477. The molecule has 0 bridgehead atoms. The van der Waals surface area contributed by atoms with E-state index in [0.717, 1.165) is 18.8 Å². The van der Waals surface area contributed by atoms with Crippen molar-refractivity contribution in [2.75, 3.05) is 13.2 Å². The lowest BCUT2D eigenvalue weighted by Crippen LogP contribution is -2.04. The molecule has 0 saturated carbocycles. The van der Waals surface area contributed by atoms with Crippen LogP contribution in [0.15, 0.2) is 30.3 Å². The van der Waals surface area contributed by atoms with E-state index in [-0.39, 0.29) is 0 Å². The zero-order valence-corrected chi connectivity index (χ0v) is 16.1. The number of para-hydroxylation sites is 1. The molecule has 2 nitrogen and oxygen atoms in total. The molecule has 0 aromatic heterocycles. The molecule has 0 aliphatic carbocycles. The van der Waals surface area contributed by atoms with Crippen LogP contribution in [-0.4, -0.2) is 19.3 Å². The molecule has 1 saturated heterocycles. The molecule has 2 rings (SSSR count). The maximum atomic E-state index is 5.84. The van der Waals surface area contributed by atoms with Crippen LogP contribution < -0.4 is 4.74 Å². The van der Waals surface area contributed by atoms with Gasteiger partial charge in [-0.1, -0.05) is 95.1 Å². The predicted octanol–water partition coefficient (Wildman–Crippen LogP) is 6.79.